The third kappa shape index (κ3) is 6.21. The molecular formula is C44H44N3OPt-. The quantitative estimate of drug-likeness (QED) is 0.180. The van der Waals surface area contributed by atoms with E-state index >= 15 is 0 Å². The summed E-state index contributed by atoms with van der Waals surface area (Å²) >= 11 is 0. The van der Waals surface area contributed by atoms with E-state index in [-0.39, 0.29) is 37.6 Å². The van der Waals surface area contributed by atoms with E-state index in [4.69, 9.17) is 9.97 Å². The maximum atomic E-state index is 11.8. The zero-order chi connectivity index (χ0) is 34.1. The number of benzene rings is 4. The number of hydrogen-bond acceptors (Lipinski definition) is 4. The van der Waals surface area contributed by atoms with Crippen LogP contribution in [0.1, 0.15) is 80.5 Å². The first kappa shape index (κ1) is 34.6. The number of para-hydroxylation sites is 1. The van der Waals surface area contributed by atoms with E-state index in [0.29, 0.717) is 5.52 Å². The molecule has 0 aliphatic carbocycles. The Kier molecular flexibility index (Phi) is 8.86. The Hall–Kier alpha value is -4.27. The van der Waals surface area contributed by atoms with Gasteiger partial charge in [0.1, 0.15) is 17.1 Å². The Balaban J connectivity index is 0.00000417. The fourth-order valence-electron chi connectivity index (χ4n) is 7.26. The van der Waals surface area contributed by atoms with Crippen molar-refractivity contribution in [3.8, 4) is 28.1 Å². The third-order valence-corrected chi connectivity index (χ3v) is 9.67. The molecule has 1 aliphatic rings. The first-order valence-electron chi connectivity index (χ1n) is 16.9. The van der Waals surface area contributed by atoms with Crippen molar-refractivity contribution in [2.45, 2.75) is 79.6 Å². The number of aromatic hydroxyl groups is 1. The van der Waals surface area contributed by atoms with Gasteiger partial charge in [-0.15, -0.1) is 29.3 Å². The van der Waals surface area contributed by atoms with Crippen LogP contribution in [0.15, 0.2) is 85.1 Å². The molecule has 0 atom stereocenters. The van der Waals surface area contributed by atoms with E-state index in [1.54, 1.807) is 0 Å². The summed E-state index contributed by atoms with van der Waals surface area (Å²) in [6.45, 7) is 19.6. The summed E-state index contributed by atoms with van der Waals surface area (Å²) in [6.07, 6.45) is 2.73. The third-order valence-electron chi connectivity index (χ3n) is 9.67. The van der Waals surface area contributed by atoms with Gasteiger partial charge in [-0.25, -0.2) is 4.98 Å². The summed E-state index contributed by atoms with van der Waals surface area (Å²) in [4.78, 5) is 12.3. The van der Waals surface area contributed by atoms with Gasteiger partial charge in [0.2, 0.25) is 0 Å². The van der Waals surface area contributed by atoms with E-state index < -0.39 is 0 Å². The van der Waals surface area contributed by atoms with Gasteiger partial charge >= 0.3 is 0 Å². The van der Waals surface area contributed by atoms with Gasteiger partial charge in [-0.1, -0.05) is 89.6 Å². The summed E-state index contributed by atoms with van der Waals surface area (Å²) in [5.41, 5.74) is 14.6. The number of rotatable bonds is 3. The van der Waals surface area contributed by atoms with Crippen LogP contribution in [0.5, 0.6) is 5.75 Å². The van der Waals surface area contributed by atoms with Crippen molar-refractivity contribution in [3.63, 3.8) is 0 Å². The average Bonchev–Trinajstić information content (AvgIpc) is 3.03. The van der Waals surface area contributed by atoms with Crippen LogP contribution in [0, 0.1) is 26.8 Å². The normalized spacial score (nSPS) is 12.8. The van der Waals surface area contributed by atoms with Gasteiger partial charge < -0.3 is 10.0 Å². The monoisotopic (exact) mass is 825 g/mol. The van der Waals surface area contributed by atoms with Gasteiger partial charge in [0.05, 0.1) is 0 Å². The Morgan fingerprint density at radius 2 is 1.49 bits per heavy atom. The van der Waals surface area contributed by atoms with Gasteiger partial charge in [-0.05, 0) is 107 Å². The standard InChI is InChI=1S/C44H44N3O.Pt/c1-26-20-27(2)40(28(3)21-26)34-25-35(44(7,8)9)42(48)41-33(34)16-17-36(46-41)29-14-15-31-22-30-12-10-11-13-37(30)47(38(31)23-29)39-24-32(18-19-45-39)43(4,5)6;/h10-21,24-25,48H,22H2,1-9H3;/q-1;. The molecule has 0 radical (unpaired) electrons. The van der Waals surface area contributed by atoms with Crippen LogP contribution in [0.2, 0.25) is 0 Å². The van der Waals surface area contributed by atoms with Gasteiger partial charge in [0.15, 0.2) is 0 Å². The second-order valence-electron chi connectivity index (χ2n) is 15.5. The molecule has 1 N–H and O–H groups in total. The number of anilines is 3. The van der Waals surface area contributed by atoms with Crippen molar-refractivity contribution < 1.29 is 26.2 Å². The van der Waals surface area contributed by atoms with Crippen LogP contribution >= 0.6 is 0 Å². The van der Waals surface area contributed by atoms with Gasteiger partial charge in [-0.3, -0.25) is 4.98 Å². The largest absolute Gasteiger partial charge is 0.505 e. The molecule has 2 aromatic heterocycles. The molecule has 5 heteroatoms. The molecular weight excluding hydrogens is 782 g/mol. The predicted octanol–water partition coefficient (Wildman–Crippen LogP) is 11.4. The van der Waals surface area contributed by atoms with Crippen LogP contribution in [-0.4, -0.2) is 15.1 Å². The number of phenolic OH excluding ortho intramolecular Hbond substituents is 1. The molecule has 0 unspecified atom stereocenters. The molecule has 1 aliphatic heterocycles. The first-order chi connectivity index (χ1) is 22.7. The number of aryl methyl sites for hydroxylation is 3. The maximum absolute atomic E-state index is 11.8. The van der Waals surface area contributed by atoms with E-state index in [0.717, 1.165) is 51.4 Å². The molecule has 4 aromatic carbocycles. The van der Waals surface area contributed by atoms with E-state index in [1.165, 1.54) is 38.9 Å². The van der Waals surface area contributed by atoms with E-state index in [1.807, 2.05) is 6.20 Å². The van der Waals surface area contributed by atoms with Crippen LogP contribution in [0.4, 0.5) is 17.2 Å². The molecule has 0 amide bonds. The molecule has 0 saturated heterocycles. The second kappa shape index (κ2) is 12.6. The van der Waals surface area contributed by atoms with Crippen molar-refractivity contribution in [2.24, 2.45) is 0 Å². The molecule has 252 valence electrons. The smallest absolute Gasteiger partial charge is 0.144 e. The van der Waals surface area contributed by atoms with Crippen LogP contribution in [0.25, 0.3) is 33.3 Å². The minimum Gasteiger partial charge on any atom is -0.505 e. The predicted molar refractivity (Wildman–Crippen MR) is 200 cm³/mol. The summed E-state index contributed by atoms with van der Waals surface area (Å²) in [5.74, 6) is 1.11. The van der Waals surface area contributed by atoms with Crippen molar-refractivity contribution >= 4 is 28.1 Å². The van der Waals surface area contributed by atoms with E-state index in [2.05, 4.69) is 152 Å². The molecule has 6 aromatic rings. The first-order valence-corrected chi connectivity index (χ1v) is 16.9. The summed E-state index contributed by atoms with van der Waals surface area (Å²) < 4.78 is 0. The van der Waals surface area contributed by atoms with Crippen LogP contribution < -0.4 is 4.90 Å². The molecule has 7 rings (SSSR count). The van der Waals surface area contributed by atoms with Crippen molar-refractivity contribution in [1.29, 1.82) is 0 Å². The zero-order valence-corrected chi connectivity index (χ0v) is 32.2. The maximum Gasteiger partial charge on any atom is 0.144 e. The Labute approximate surface area is 305 Å². The molecule has 0 spiro atoms. The molecule has 0 bridgehead atoms. The minimum atomic E-state index is -0.280. The number of pyridine rings is 2. The minimum absolute atomic E-state index is 0. The van der Waals surface area contributed by atoms with Crippen LogP contribution in [0.3, 0.4) is 0 Å². The van der Waals surface area contributed by atoms with Crippen LogP contribution in [-0.2, 0) is 38.3 Å². The number of phenols is 1. The van der Waals surface area contributed by atoms with Gasteiger partial charge in [0, 0.05) is 43.9 Å². The second-order valence-corrected chi connectivity index (χ2v) is 15.5. The van der Waals surface area contributed by atoms with Gasteiger partial charge in [0.25, 0.3) is 0 Å². The van der Waals surface area contributed by atoms with Crippen molar-refractivity contribution in [1.82, 2.24) is 9.97 Å². The zero-order valence-electron chi connectivity index (χ0n) is 29.9. The molecule has 3 heterocycles. The number of fused-ring (bicyclic) bond motifs is 3. The number of nitrogens with zero attached hydrogens (tertiary/aromatic N) is 3. The van der Waals surface area contributed by atoms with Crippen molar-refractivity contribution in [2.75, 3.05) is 4.90 Å². The molecule has 0 fully saturated rings. The molecule has 49 heavy (non-hydrogen) atoms. The van der Waals surface area contributed by atoms with E-state index in [9.17, 15) is 5.11 Å². The SMILES string of the molecule is Cc1cc(C)c(-c2cc(C(C)(C)C)c(O)c3nc(-c4[c-]c5c(cc4)Cc4ccccc4N5c4cc(C(C)(C)C)ccn4)ccc23)c(C)c1.[Pt]. The Morgan fingerprint density at radius 1 is 0.776 bits per heavy atom. The Morgan fingerprint density at radius 3 is 2.18 bits per heavy atom. The molecule has 0 saturated carbocycles. The number of hydrogen-bond donors (Lipinski definition) is 1. The molecule has 4 nitrogen and oxygen atoms in total. The summed E-state index contributed by atoms with van der Waals surface area (Å²) in [6, 6.07) is 31.7. The summed E-state index contributed by atoms with van der Waals surface area (Å²) in [5, 5.41) is 12.7. The fraction of sp³-hybridized carbons (Fsp3) is 0.273. The van der Waals surface area contributed by atoms with Gasteiger partial charge in [-0.2, -0.15) is 0 Å². The Bertz CT molecular complexity index is 2220. The average molecular weight is 826 g/mol. The number of aromatic nitrogens is 2. The summed E-state index contributed by atoms with van der Waals surface area (Å²) in [7, 11) is 0. The van der Waals surface area contributed by atoms with Crippen molar-refractivity contribution in [3.05, 3.63) is 130 Å². The fourth-order valence-corrected chi connectivity index (χ4v) is 7.26. The topological polar surface area (TPSA) is 49.3 Å².